The van der Waals surface area contributed by atoms with E-state index in [0.717, 1.165) is 12.0 Å². The molecule has 13 heavy (non-hydrogen) atoms. The Labute approximate surface area is 79.0 Å². The number of hydrogen-bond acceptors (Lipinski definition) is 1. The predicted octanol–water partition coefficient (Wildman–Crippen LogP) is 2.79. The summed E-state index contributed by atoms with van der Waals surface area (Å²) < 4.78 is 12.7. The van der Waals surface area contributed by atoms with Crippen molar-refractivity contribution in [3.05, 3.63) is 29.3 Å². The monoisotopic (exact) mass is 179 g/mol. The normalized spacial score (nSPS) is 8.23. The van der Waals surface area contributed by atoms with Gasteiger partial charge < -0.3 is 0 Å². The van der Waals surface area contributed by atoms with Crippen molar-refractivity contribution in [1.29, 1.82) is 0 Å². The first-order valence-corrected chi connectivity index (χ1v) is 4.39. The topological polar surface area (TPSA) is 12.9 Å². The molecule has 1 aromatic heterocycles. The Morgan fingerprint density at radius 1 is 1.54 bits per heavy atom. The molecule has 0 aromatic carbocycles. The van der Waals surface area contributed by atoms with Gasteiger partial charge in [-0.2, -0.15) is 4.39 Å². The zero-order valence-corrected chi connectivity index (χ0v) is 8.26. The van der Waals surface area contributed by atoms with E-state index >= 15 is 0 Å². The highest BCUT2D eigenvalue weighted by Crippen LogP contribution is 2.05. The van der Waals surface area contributed by atoms with Crippen molar-refractivity contribution in [1.82, 2.24) is 4.98 Å². The molecule has 0 amide bonds. The van der Waals surface area contributed by atoms with E-state index in [1.54, 1.807) is 6.07 Å². The minimum Gasteiger partial charge on any atom is -0.227 e. The van der Waals surface area contributed by atoms with Gasteiger partial charge in [-0.05, 0) is 18.1 Å². The molecule has 0 unspecified atom stereocenters. The lowest BCUT2D eigenvalue weighted by Gasteiger charge is -1.96. The van der Waals surface area contributed by atoms with E-state index < -0.39 is 5.95 Å². The van der Waals surface area contributed by atoms with Gasteiger partial charge in [-0.3, -0.25) is 0 Å². The lowest BCUT2D eigenvalue weighted by atomic mass is 10.2. The average molecular weight is 179 g/mol. The fourth-order valence-electron chi connectivity index (χ4n) is 0.786. The van der Waals surface area contributed by atoms with Crippen LogP contribution >= 0.6 is 0 Å². The molecule has 0 aliphatic heterocycles. The molecule has 1 heterocycles. The van der Waals surface area contributed by atoms with Gasteiger partial charge in [0.2, 0.25) is 5.95 Å². The molecule has 70 valence electrons. The summed E-state index contributed by atoms with van der Waals surface area (Å²) in [5.74, 6) is 1.67. The molecule has 1 nitrogen and oxygen atoms in total. The molecule has 0 bridgehead atoms. The highest BCUT2D eigenvalue weighted by Gasteiger charge is 1.99. The highest BCUT2D eigenvalue weighted by molar-refractivity contribution is 5.33. The summed E-state index contributed by atoms with van der Waals surface area (Å²) >= 11 is 0. The van der Waals surface area contributed by atoms with Gasteiger partial charge in [0.05, 0.1) is 5.56 Å². The Morgan fingerprint density at radius 2 is 2.15 bits per heavy atom. The quantitative estimate of drug-likeness (QED) is 0.477. The van der Waals surface area contributed by atoms with Crippen molar-refractivity contribution in [2.45, 2.75) is 27.2 Å². The zero-order chi connectivity index (χ0) is 10.3. The molecular formula is C11H14FN. The van der Waals surface area contributed by atoms with Crippen LogP contribution in [0.15, 0.2) is 12.3 Å². The molecule has 0 fully saturated rings. The Balaban J connectivity index is 0.000000671. The molecule has 0 N–H and O–H groups in total. The molecule has 0 atom stereocenters. The first-order valence-electron chi connectivity index (χ1n) is 4.39. The van der Waals surface area contributed by atoms with E-state index in [4.69, 9.17) is 6.42 Å². The van der Waals surface area contributed by atoms with Gasteiger partial charge in [-0.1, -0.05) is 26.7 Å². The Kier molecular flexibility index (Phi) is 5.54. The van der Waals surface area contributed by atoms with Crippen LogP contribution in [0.25, 0.3) is 0 Å². The molecule has 0 saturated carbocycles. The third-order valence-electron chi connectivity index (χ3n) is 1.46. The Bertz CT molecular complexity index is 299. The molecule has 0 saturated heterocycles. The molecule has 1 rings (SSSR count). The van der Waals surface area contributed by atoms with Crippen LogP contribution in [0.4, 0.5) is 4.39 Å². The number of hydrogen-bond donors (Lipinski definition) is 0. The second-order valence-electron chi connectivity index (χ2n) is 2.18. The van der Waals surface area contributed by atoms with E-state index in [9.17, 15) is 4.39 Å². The summed E-state index contributed by atoms with van der Waals surface area (Å²) in [5.41, 5.74) is 1.20. The maximum absolute atomic E-state index is 12.7. The van der Waals surface area contributed by atoms with Crippen molar-refractivity contribution < 1.29 is 4.39 Å². The number of aromatic nitrogens is 1. The van der Waals surface area contributed by atoms with Gasteiger partial charge in [0.15, 0.2) is 0 Å². The summed E-state index contributed by atoms with van der Waals surface area (Å²) in [7, 11) is 0. The number of nitrogens with zero attached hydrogens (tertiary/aromatic N) is 1. The van der Waals surface area contributed by atoms with Crippen molar-refractivity contribution in [3.63, 3.8) is 0 Å². The van der Waals surface area contributed by atoms with Crippen molar-refractivity contribution in [3.8, 4) is 12.3 Å². The van der Waals surface area contributed by atoms with Gasteiger partial charge in [-0.25, -0.2) is 4.98 Å². The van der Waals surface area contributed by atoms with E-state index in [1.807, 2.05) is 20.8 Å². The van der Waals surface area contributed by atoms with Crippen LogP contribution in [0.3, 0.4) is 0 Å². The predicted molar refractivity (Wildman–Crippen MR) is 52.9 cm³/mol. The van der Waals surface area contributed by atoms with E-state index in [1.165, 1.54) is 6.20 Å². The molecule has 0 aliphatic rings. The maximum atomic E-state index is 12.7. The van der Waals surface area contributed by atoms with E-state index in [0.29, 0.717) is 0 Å². The van der Waals surface area contributed by atoms with Crippen LogP contribution < -0.4 is 0 Å². The number of rotatable bonds is 1. The third kappa shape index (κ3) is 3.25. The molecule has 1 aromatic rings. The summed E-state index contributed by atoms with van der Waals surface area (Å²) in [4.78, 5) is 3.51. The SMILES string of the molecule is C#Cc1cc(CC)cnc1F.CC. The first kappa shape index (κ1) is 11.6. The number of pyridine rings is 1. The van der Waals surface area contributed by atoms with Gasteiger partial charge in [0.25, 0.3) is 0 Å². The fourth-order valence-corrected chi connectivity index (χ4v) is 0.786. The van der Waals surface area contributed by atoms with Crippen molar-refractivity contribution in [2.75, 3.05) is 0 Å². The van der Waals surface area contributed by atoms with E-state index in [-0.39, 0.29) is 5.56 Å². The summed E-state index contributed by atoms with van der Waals surface area (Å²) in [5, 5.41) is 0. The summed E-state index contributed by atoms with van der Waals surface area (Å²) in [6.45, 7) is 5.97. The molecule has 0 spiro atoms. The van der Waals surface area contributed by atoms with Crippen LogP contribution in [0.5, 0.6) is 0 Å². The van der Waals surface area contributed by atoms with Gasteiger partial charge in [0, 0.05) is 6.20 Å². The first-order chi connectivity index (χ1) is 6.27. The van der Waals surface area contributed by atoms with Gasteiger partial charge in [0.1, 0.15) is 0 Å². The summed E-state index contributed by atoms with van der Waals surface area (Å²) in [6, 6.07) is 1.64. The number of aryl methyl sites for hydroxylation is 1. The van der Waals surface area contributed by atoms with Gasteiger partial charge in [-0.15, -0.1) is 6.42 Å². The maximum Gasteiger partial charge on any atom is 0.228 e. The van der Waals surface area contributed by atoms with Crippen molar-refractivity contribution >= 4 is 0 Å². The molecular weight excluding hydrogens is 165 g/mol. The Hall–Kier alpha value is -1.36. The lowest BCUT2D eigenvalue weighted by molar-refractivity contribution is 0.579. The van der Waals surface area contributed by atoms with Crippen LogP contribution in [0.2, 0.25) is 0 Å². The minimum atomic E-state index is -0.565. The second-order valence-corrected chi connectivity index (χ2v) is 2.18. The molecule has 0 aliphatic carbocycles. The lowest BCUT2D eigenvalue weighted by Crippen LogP contribution is -1.91. The smallest absolute Gasteiger partial charge is 0.227 e. The Morgan fingerprint density at radius 3 is 2.62 bits per heavy atom. The second kappa shape index (κ2) is 6.19. The third-order valence-corrected chi connectivity index (χ3v) is 1.46. The fraction of sp³-hybridized carbons (Fsp3) is 0.364. The number of terminal acetylenes is 1. The van der Waals surface area contributed by atoms with Crippen LogP contribution in [0, 0.1) is 18.3 Å². The van der Waals surface area contributed by atoms with Crippen molar-refractivity contribution in [2.24, 2.45) is 0 Å². The van der Waals surface area contributed by atoms with E-state index in [2.05, 4.69) is 10.9 Å². The number of halogens is 1. The highest BCUT2D eigenvalue weighted by atomic mass is 19.1. The average Bonchev–Trinajstić information content (AvgIpc) is 2.22. The minimum absolute atomic E-state index is 0.240. The molecule has 2 heteroatoms. The standard InChI is InChI=1S/C9H8FN.C2H6/c1-3-7-5-8(4-2)9(10)11-6-7;1-2/h2,5-6H,3H2,1H3;1-2H3. The van der Waals surface area contributed by atoms with Crippen LogP contribution in [-0.4, -0.2) is 4.98 Å². The largest absolute Gasteiger partial charge is 0.228 e. The summed E-state index contributed by atoms with van der Waals surface area (Å²) in [6.07, 6.45) is 7.36. The van der Waals surface area contributed by atoms with Crippen LogP contribution in [0.1, 0.15) is 31.9 Å². The molecule has 0 radical (unpaired) electrons. The van der Waals surface area contributed by atoms with Crippen LogP contribution in [-0.2, 0) is 6.42 Å². The zero-order valence-electron chi connectivity index (χ0n) is 8.26. The van der Waals surface area contributed by atoms with Gasteiger partial charge >= 0.3 is 0 Å².